The number of ether oxygens (including phenoxy) is 1. The van der Waals surface area contributed by atoms with Gasteiger partial charge in [0.2, 0.25) is 5.91 Å². The lowest BCUT2D eigenvalue weighted by Crippen LogP contribution is -2.37. The summed E-state index contributed by atoms with van der Waals surface area (Å²) < 4.78 is 5.74. The van der Waals surface area contributed by atoms with Gasteiger partial charge in [0.1, 0.15) is 17.3 Å². The number of carbonyl (C=O) groups excluding carboxylic acids is 1. The topological polar surface area (TPSA) is 75.6 Å². The van der Waals surface area contributed by atoms with Crippen LogP contribution in [-0.2, 0) is 16.1 Å². The molecule has 1 amide bonds. The van der Waals surface area contributed by atoms with E-state index in [0.717, 1.165) is 16.9 Å². The molecular weight excluding hydrogens is 282 g/mol. The number of fused-ring (bicyclic) bond motifs is 1. The predicted molar refractivity (Wildman–Crippen MR) is 80.6 cm³/mol. The number of rotatable bonds is 4. The fourth-order valence-electron chi connectivity index (χ4n) is 3.20. The standard InChI is InChI=1S/C17H21NO4/c1-9-7-17(9,16(20)21)15(19)18-8-12-4-5-14-13(6-12)10(2)11(3)22-14/h4-6,9-11H,7-8H2,1-3H3,(H,18,19)(H,20,21). The summed E-state index contributed by atoms with van der Waals surface area (Å²) in [5, 5.41) is 12.0. The molecule has 3 rings (SSSR count). The second kappa shape index (κ2) is 5.00. The fourth-order valence-corrected chi connectivity index (χ4v) is 3.20. The van der Waals surface area contributed by atoms with Crippen LogP contribution in [0.3, 0.4) is 0 Å². The number of amides is 1. The number of carboxylic acid groups (broad SMARTS) is 1. The maximum atomic E-state index is 12.2. The summed E-state index contributed by atoms with van der Waals surface area (Å²) in [6, 6.07) is 5.87. The molecule has 2 aliphatic rings. The molecule has 1 heterocycles. The van der Waals surface area contributed by atoms with Crippen LogP contribution in [0.15, 0.2) is 18.2 Å². The highest BCUT2D eigenvalue weighted by atomic mass is 16.5. The van der Waals surface area contributed by atoms with E-state index in [9.17, 15) is 14.7 Å². The monoisotopic (exact) mass is 303 g/mol. The quantitative estimate of drug-likeness (QED) is 0.837. The minimum atomic E-state index is -1.22. The summed E-state index contributed by atoms with van der Waals surface area (Å²) in [7, 11) is 0. The highest BCUT2D eigenvalue weighted by molar-refractivity contribution is 6.05. The van der Waals surface area contributed by atoms with Gasteiger partial charge in [-0.3, -0.25) is 9.59 Å². The molecule has 2 N–H and O–H groups in total. The van der Waals surface area contributed by atoms with Crippen molar-refractivity contribution in [2.24, 2.45) is 11.3 Å². The van der Waals surface area contributed by atoms with Crippen LogP contribution in [0.1, 0.15) is 44.2 Å². The van der Waals surface area contributed by atoms with E-state index in [-0.39, 0.29) is 17.9 Å². The van der Waals surface area contributed by atoms with E-state index in [4.69, 9.17) is 4.74 Å². The van der Waals surface area contributed by atoms with Gasteiger partial charge >= 0.3 is 5.97 Å². The van der Waals surface area contributed by atoms with E-state index < -0.39 is 11.4 Å². The molecule has 1 aliphatic heterocycles. The summed E-state index contributed by atoms with van der Waals surface area (Å²) in [5.41, 5.74) is 0.888. The molecule has 0 aromatic heterocycles. The van der Waals surface area contributed by atoms with Crippen LogP contribution in [0.4, 0.5) is 0 Å². The largest absolute Gasteiger partial charge is 0.490 e. The number of carbonyl (C=O) groups is 2. The molecule has 22 heavy (non-hydrogen) atoms. The molecular formula is C17H21NO4. The third kappa shape index (κ3) is 2.16. The van der Waals surface area contributed by atoms with Gasteiger partial charge in [-0.1, -0.05) is 19.9 Å². The van der Waals surface area contributed by atoms with Crippen molar-refractivity contribution in [2.45, 2.75) is 45.8 Å². The van der Waals surface area contributed by atoms with E-state index in [2.05, 4.69) is 12.2 Å². The van der Waals surface area contributed by atoms with Gasteiger partial charge in [0.15, 0.2) is 0 Å². The lowest BCUT2D eigenvalue weighted by Gasteiger charge is -2.13. The van der Waals surface area contributed by atoms with Crippen molar-refractivity contribution in [1.29, 1.82) is 0 Å². The number of nitrogens with one attached hydrogen (secondary N) is 1. The van der Waals surface area contributed by atoms with Crippen LogP contribution >= 0.6 is 0 Å². The third-order valence-electron chi connectivity index (χ3n) is 5.13. The first-order valence-corrected chi connectivity index (χ1v) is 7.67. The van der Waals surface area contributed by atoms with Crippen LogP contribution in [0, 0.1) is 11.3 Å². The van der Waals surface area contributed by atoms with Crippen molar-refractivity contribution in [3.63, 3.8) is 0 Å². The Morgan fingerprint density at radius 2 is 2.05 bits per heavy atom. The Kier molecular flexibility index (Phi) is 3.38. The smallest absolute Gasteiger partial charge is 0.319 e. The van der Waals surface area contributed by atoms with Crippen molar-refractivity contribution in [3.05, 3.63) is 29.3 Å². The van der Waals surface area contributed by atoms with Crippen LogP contribution in [0.5, 0.6) is 5.75 Å². The van der Waals surface area contributed by atoms with Gasteiger partial charge in [0.05, 0.1) is 0 Å². The normalized spacial score (nSPS) is 32.0. The van der Waals surface area contributed by atoms with E-state index >= 15 is 0 Å². The Morgan fingerprint density at radius 1 is 1.36 bits per heavy atom. The highest BCUT2D eigenvalue weighted by Gasteiger charge is 2.63. The Bertz CT molecular complexity index is 642. The predicted octanol–water partition coefficient (Wildman–Crippen LogP) is 2.30. The molecule has 0 spiro atoms. The van der Waals surface area contributed by atoms with Gasteiger partial charge in [-0.15, -0.1) is 0 Å². The van der Waals surface area contributed by atoms with Gasteiger partial charge < -0.3 is 15.2 Å². The number of benzene rings is 1. The molecule has 1 saturated carbocycles. The third-order valence-corrected chi connectivity index (χ3v) is 5.13. The number of aliphatic carboxylic acids is 1. The van der Waals surface area contributed by atoms with Crippen molar-refractivity contribution in [2.75, 3.05) is 0 Å². The number of hydrogen-bond acceptors (Lipinski definition) is 3. The Hall–Kier alpha value is -2.04. The fraction of sp³-hybridized carbons (Fsp3) is 0.529. The average Bonchev–Trinajstić information content (AvgIpc) is 3.09. The maximum absolute atomic E-state index is 12.2. The minimum absolute atomic E-state index is 0.0979. The molecule has 118 valence electrons. The van der Waals surface area contributed by atoms with Crippen molar-refractivity contribution in [1.82, 2.24) is 5.32 Å². The minimum Gasteiger partial charge on any atom is -0.490 e. The van der Waals surface area contributed by atoms with E-state index in [1.807, 2.05) is 25.1 Å². The molecule has 0 radical (unpaired) electrons. The van der Waals surface area contributed by atoms with Crippen LogP contribution < -0.4 is 10.1 Å². The van der Waals surface area contributed by atoms with Gasteiger partial charge in [0.25, 0.3) is 0 Å². The Balaban J connectivity index is 1.68. The molecule has 0 saturated heterocycles. The zero-order chi connectivity index (χ0) is 16.1. The summed E-state index contributed by atoms with van der Waals surface area (Å²) >= 11 is 0. The summed E-state index contributed by atoms with van der Waals surface area (Å²) in [6.45, 7) is 6.29. The summed E-state index contributed by atoms with van der Waals surface area (Å²) in [5.74, 6) is -0.292. The first-order chi connectivity index (χ1) is 10.4. The van der Waals surface area contributed by atoms with E-state index in [1.54, 1.807) is 6.92 Å². The molecule has 0 bridgehead atoms. The SMILES string of the molecule is CC1Oc2ccc(CNC(=O)C3(C(=O)O)CC3C)cc2C1C. The highest BCUT2D eigenvalue weighted by Crippen LogP contribution is 2.52. The molecule has 5 heteroatoms. The molecule has 4 atom stereocenters. The number of hydrogen-bond donors (Lipinski definition) is 2. The molecule has 1 aliphatic carbocycles. The molecule has 1 aromatic carbocycles. The van der Waals surface area contributed by atoms with Crippen LogP contribution in [0.25, 0.3) is 0 Å². The van der Waals surface area contributed by atoms with Crippen LogP contribution in [-0.4, -0.2) is 23.1 Å². The second-order valence-corrected chi connectivity index (χ2v) is 6.55. The first-order valence-electron chi connectivity index (χ1n) is 7.67. The van der Waals surface area contributed by atoms with E-state index in [0.29, 0.717) is 18.9 Å². The molecule has 4 unspecified atom stereocenters. The number of carboxylic acids is 1. The van der Waals surface area contributed by atoms with Gasteiger partial charge in [-0.05, 0) is 37.0 Å². The zero-order valence-electron chi connectivity index (χ0n) is 13.1. The average molecular weight is 303 g/mol. The van der Waals surface area contributed by atoms with E-state index in [1.165, 1.54) is 0 Å². The summed E-state index contributed by atoms with van der Waals surface area (Å²) in [4.78, 5) is 23.5. The Labute approximate surface area is 129 Å². The maximum Gasteiger partial charge on any atom is 0.319 e. The first kappa shape index (κ1) is 14.9. The molecule has 1 aromatic rings. The second-order valence-electron chi connectivity index (χ2n) is 6.55. The van der Waals surface area contributed by atoms with Gasteiger partial charge in [0, 0.05) is 18.0 Å². The zero-order valence-corrected chi connectivity index (χ0v) is 13.1. The Morgan fingerprint density at radius 3 is 2.64 bits per heavy atom. The molecule has 1 fully saturated rings. The lowest BCUT2D eigenvalue weighted by atomic mass is 9.96. The van der Waals surface area contributed by atoms with Crippen LogP contribution in [0.2, 0.25) is 0 Å². The van der Waals surface area contributed by atoms with Gasteiger partial charge in [-0.2, -0.15) is 0 Å². The van der Waals surface area contributed by atoms with Crippen molar-refractivity contribution < 1.29 is 19.4 Å². The lowest BCUT2D eigenvalue weighted by molar-refractivity contribution is -0.149. The summed E-state index contributed by atoms with van der Waals surface area (Å²) in [6.07, 6.45) is 0.572. The van der Waals surface area contributed by atoms with Gasteiger partial charge in [-0.25, -0.2) is 0 Å². The van der Waals surface area contributed by atoms with Crippen molar-refractivity contribution in [3.8, 4) is 5.75 Å². The van der Waals surface area contributed by atoms with Crippen molar-refractivity contribution >= 4 is 11.9 Å². The molecule has 5 nitrogen and oxygen atoms in total.